The SMILES string of the molecule is CCOC(=O)c1cc(-c2cccs2)n(-c2ccc3c(c2)nc(C(N)c2ccc(C#N)cc2)n3C)n1. The lowest BCUT2D eigenvalue weighted by molar-refractivity contribution is 0.0519. The highest BCUT2D eigenvalue weighted by atomic mass is 32.1. The second kappa shape index (κ2) is 9.18. The third kappa shape index (κ3) is 4.10. The average molecular weight is 483 g/mol. The summed E-state index contributed by atoms with van der Waals surface area (Å²) in [7, 11) is 1.93. The zero-order chi connectivity index (χ0) is 24.5. The highest BCUT2D eigenvalue weighted by Gasteiger charge is 2.21. The number of nitrogens with two attached hydrogens (primary N) is 1. The molecule has 5 aromatic rings. The third-order valence-electron chi connectivity index (χ3n) is 5.79. The van der Waals surface area contributed by atoms with Crippen molar-refractivity contribution in [3.8, 4) is 22.3 Å². The van der Waals surface area contributed by atoms with Crippen LogP contribution in [0.25, 0.3) is 27.3 Å². The summed E-state index contributed by atoms with van der Waals surface area (Å²) in [6, 6.07) is 20.4. The van der Waals surface area contributed by atoms with Crippen LogP contribution in [0.15, 0.2) is 66.0 Å². The maximum Gasteiger partial charge on any atom is 0.358 e. The maximum absolute atomic E-state index is 12.4. The number of carbonyl (C=O) groups excluding carboxylic acids is 1. The number of benzene rings is 2. The van der Waals surface area contributed by atoms with E-state index in [0.717, 1.165) is 32.9 Å². The van der Waals surface area contributed by atoms with Gasteiger partial charge in [-0.15, -0.1) is 11.3 Å². The topological polar surface area (TPSA) is 112 Å². The number of aromatic nitrogens is 4. The normalized spacial score (nSPS) is 11.9. The van der Waals surface area contributed by atoms with Gasteiger partial charge in [0.1, 0.15) is 5.82 Å². The molecule has 0 saturated carbocycles. The highest BCUT2D eigenvalue weighted by molar-refractivity contribution is 7.13. The van der Waals surface area contributed by atoms with E-state index in [4.69, 9.17) is 20.7 Å². The van der Waals surface area contributed by atoms with Gasteiger partial charge in [0.15, 0.2) is 5.69 Å². The molecule has 0 radical (unpaired) electrons. The number of hydrogen-bond donors (Lipinski definition) is 1. The van der Waals surface area contributed by atoms with E-state index in [1.54, 1.807) is 41.1 Å². The first-order valence-corrected chi connectivity index (χ1v) is 11.9. The summed E-state index contributed by atoms with van der Waals surface area (Å²) in [5, 5.41) is 15.6. The number of aryl methyl sites for hydroxylation is 1. The van der Waals surface area contributed by atoms with Gasteiger partial charge in [-0.25, -0.2) is 14.5 Å². The van der Waals surface area contributed by atoms with Crippen molar-refractivity contribution in [1.82, 2.24) is 19.3 Å². The van der Waals surface area contributed by atoms with Gasteiger partial charge in [-0.1, -0.05) is 18.2 Å². The molecule has 0 fully saturated rings. The van der Waals surface area contributed by atoms with Crippen LogP contribution in [-0.2, 0) is 11.8 Å². The molecule has 0 spiro atoms. The van der Waals surface area contributed by atoms with Crippen molar-refractivity contribution >= 4 is 28.3 Å². The van der Waals surface area contributed by atoms with E-state index >= 15 is 0 Å². The Balaban J connectivity index is 1.57. The van der Waals surface area contributed by atoms with E-state index in [2.05, 4.69) is 11.2 Å². The van der Waals surface area contributed by atoms with Crippen LogP contribution in [0.5, 0.6) is 0 Å². The summed E-state index contributed by atoms with van der Waals surface area (Å²) < 4.78 is 8.87. The number of nitrogens with zero attached hydrogens (tertiary/aromatic N) is 5. The van der Waals surface area contributed by atoms with E-state index in [9.17, 15) is 4.79 Å². The van der Waals surface area contributed by atoms with Crippen LogP contribution in [0.3, 0.4) is 0 Å². The molecule has 5 rings (SSSR count). The first kappa shape index (κ1) is 22.5. The molecule has 8 nitrogen and oxygen atoms in total. The molecular formula is C26H22N6O2S. The molecule has 0 saturated heterocycles. The summed E-state index contributed by atoms with van der Waals surface area (Å²) >= 11 is 1.57. The number of ether oxygens (including phenoxy) is 1. The minimum atomic E-state index is -0.460. The zero-order valence-corrected chi connectivity index (χ0v) is 20.0. The number of fused-ring (bicyclic) bond motifs is 1. The van der Waals surface area contributed by atoms with Gasteiger partial charge < -0.3 is 15.0 Å². The Morgan fingerprint density at radius 1 is 1.20 bits per heavy atom. The molecule has 3 aromatic heterocycles. The van der Waals surface area contributed by atoms with E-state index < -0.39 is 12.0 Å². The van der Waals surface area contributed by atoms with Gasteiger partial charge >= 0.3 is 5.97 Å². The van der Waals surface area contributed by atoms with Gasteiger partial charge in [0.25, 0.3) is 0 Å². The predicted octanol–water partition coefficient (Wildman–Crippen LogP) is 4.58. The average Bonchev–Trinajstić information content (AvgIpc) is 3.62. The lowest BCUT2D eigenvalue weighted by atomic mass is 10.1. The Morgan fingerprint density at radius 2 is 2.00 bits per heavy atom. The maximum atomic E-state index is 12.4. The van der Waals surface area contributed by atoms with Crippen molar-refractivity contribution in [3.63, 3.8) is 0 Å². The first-order valence-electron chi connectivity index (χ1n) is 11.0. The molecule has 0 aliphatic heterocycles. The van der Waals surface area contributed by atoms with Crippen LogP contribution >= 0.6 is 11.3 Å². The van der Waals surface area contributed by atoms with Crippen molar-refractivity contribution in [1.29, 1.82) is 5.26 Å². The first-order chi connectivity index (χ1) is 17.0. The second-order valence-corrected chi connectivity index (χ2v) is 8.89. The van der Waals surface area contributed by atoms with Crippen LogP contribution in [0.4, 0.5) is 0 Å². The molecule has 2 aromatic carbocycles. The number of carbonyl (C=O) groups is 1. The van der Waals surface area contributed by atoms with Gasteiger partial charge in [0.2, 0.25) is 0 Å². The van der Waals surface area contributed by atoms with Crippen LogP contribution in [0, 0.1) is 11.3 Å². The Bertz CT molecular complexity index is 1560. The number of rotatable bonds is 6. The molecule has 174 valence electrons. The smallest absolute Gasteiger partial charge is 0.358 e. The Hall–Kier alpha value is -4.26. The number of nitriles is 1. The summed E-state index contributed by atoms with van der Waals surface area (Å²) in [5.41, 5.74) is 11.5. The third-order valence-corrected chi connectivity index (χ3v) is 6.68. The number of thiophene rings is 1. The molecule has 2 N–H and O–H groups in total. The van der Waals surface area contributed by atoms with Gasteiger partial charge in [0, 0.05) is 13.1 Å². The molecule has 1 atom stereocenters. The summed E-state index contributed by atoms with van der Waals surface area (Å²) in [5.74, 6) is 0.242. The van der Waals surface area contributed by atoms with Crippen LogP contribution in [0.2, 0.25) is 0 Å². The van der Waals surface area contributed by atoms with E-state index in [1.807, 2.05) is 59.5 Å². The highest BCUT2D eigenvalue weighted by Crippen LogP contribution is 2.30. The fourth-order valence-corrected chi connectivity index (χ4v) is 4.74. The van der Waals surface area contributed by atoms with Crippen molar-refractivity contribution in [3.05, 3.63) is 88.7 Å². The summed E-state index contributed by atoms with van der Waals surface area (Å²) in [6.07, 6.45) is 0. The van der Waals surface area contributed by atoms with E-state index in [-0.39, 0.29) is 12.3 Å². The molecule has 9 heteroatoms. The molecular weight excluding hydrogens is 460 g/mol. The van der Waals surface area contributed by atoms with Crippen molar-refractivity contribution in [2.75, 3.05) is 6.61 Å². The zero-order valence-electron chi connectivity index (χ0n) is 19.2. The number of imidazole rings is 1. The predicted molar refractivity (Wildman–Crippen MR) is 134 cm³/mol. The fraction of sp³-hybridized carbons (Fsp3) is 0.154. The summed E-state index contributed by atoms with van der Waals surface area (Å²) in [6.45, 7) is 2.05. The van der Waals surface area contributed by atoms with Gasteiger partial charge in [0.05, 0.1) is 51.6 Å². The quantitative estimate of drug-likeness (QED) is 0.355. The Labute approximate surface area is 205 Å². The Morgan fingerprint density at radius 3 is 2.69 bits per heavy atom. The molecule has 35 heavy (non-hydrogen) atoms. The van der Waals surface area contributed by atoms with E-state index in [1.165, 1.54) is 0 Å². The largest absolute Gasteiger partial charge is 0.461 e. The van der Waals surface area contributed by atoms with Gasteiger partial charge in [-0.05, 0) is 54.3 Å². The molecule has 0 aliphatic carbocycles. The lowest BCUT2D eigenvalue weighted by Crippen LogP contribution is -2.16. The Kier molecular flexibility index (Phi) is 5.91. The van der Waals surface area contributed by atoms with Crippen LogP contribution in [0.1, 0.15) is 40.4 Å². The van der Waals surface area contributed by atoms with Crippen molar-refractivity contribution < 1.29 is 9.53 Å². The summed E-state index contributed by atoms with van der Waals surface area (Å²) in [4.78, 5) is 18.2. The lowest BCUT2D eigenvalue weighted by Gasteiger charge is -2.12. The van der Waals surface area contributed by atoms with Gasteiger partial charge in [-0.2, -0.15) is 10.4 Å². The molecule has 0 bridgehead atoms. The van der Waals surface area contributed by atoms with Crippen LogP contribution in [-0.4, -0.2) is 31.9 Å². The fourth-order valence-electron chi connectivity index (χ4n) is 4.01. The monoisotopic (exact) mass is 482 g/mol. The van der Waals surface area contributed by atoms with Crippen molar-refractivity contribution in [2.24, 2.45) is 12.8 Å². The standard InChI is InChI=1S/C26H22N6O2S/c1-3-34-26(33)20-14-22(23-5-4-12-35-23)32(30-20)18-10-11-21-19(13-18)29-25(31(21)2)24(28)17-8-6-16(15-27)7-9-17/h4-14,24H,3,28H2,1-2H3. The molecule has 0 amide bonds. The molecule has 0 aliphatic rings. The van der Waals surface area contributed by atoms with E-state index in [0.29, 0.717) is 11.4 Å². The number of esters is 1. The molecule has 1 unspecified atom stereocenters. The molecule has 3 heterocycles. The number of hydrogen-bond acceptors (Lipinski definition) is 7. The van der Waals surface area contributed by atoms with Crippen LogP contribution < -0.4 is 5.73 Å². The van der Waals surface area contributed by atoms with Gasteiger partial charge in [-0.3, -0.25) is 0 Å². The minimum Gasteiger partial charge on any atom is -0.461 e. The van der Waals surface area contributed by atoms with Crippen molar-refractivity contribution in [2.45, 2.75) is 13.0 Å². The minimum absolute atomic E-state index is 0.250. The second-order valence-electron chi connectivity index (χ2n) is 7.94.